The Kier molecular flexibility index (Phi) is 5.52. The van der Waals surface area contributed by atoms with E-state index in [1.165, 1.54) is 5.56 Å². The van der Waals surface area contributed by atoms with E-state index in [2.05, 4.69) is 22.5 Å². The van der Waals surface area contributed by atoms with E-state index in [4.69, 9.17) is 4.74 Å². The lowest BCUT2D eigenvalue weighted by Crippen LogP contribution is -2.45. The lowest BCUT2D eigenvalue weighted by atomic mass is 10.1. The van der Waals surface area contributed by atoms with E-state index >= 15 is 0 Å². The summed E-state index contributed by atoms with van der Waals surface area (Å²) >= 11 is 0. The predicted molar refractivity (Wildman–Crippen MR) is 115 cm³/mol. The third kappa shape index (κ3) is 4.20. The first-order valence-corrected chi connectivity index (χ1v) is 9.95. The quantitative estimate of drug-likeness (QED) is 0.683. The van der Waals surface area contributed by atoms with Gasteiger partial charge in [-0.2, -0.15) is 5.10 Å². The summed E-state index contributed by atoms with van der Waals surface area (Å²) < 4.78 is 7.39. The van der Waals surface area contributed by atoms with Gasteiger partial charge < -0.3 is 15.0 Å². The number of ether oxygens (including phenoxy) is 1. The Morgan fingerprint density at radius 2 is 1.90 bits per heavy atom. The van der Waals surface area contributed by atoms with Gasteiger partial charge in [0.2, 0.25) is 5.91 Å². The number of hydrogen-bond acceptors (Lipinski definition) is 4. The van der Waals surface area contributed by atoms with E-state index in [0.717, 1.165) is 5.56 Å². The van der Waals surface area contributed by atoms with E-state index in [0.29, 0.717) is 23.8 Å². The Morgan fingerprint density at radius 1 is 1.13 bits per heavy atom. The minimum absolute atomic E-state index is 0.147. The molecule has 2 amide bonds. The van der Waals surface area contributed by atoms with E-state index in [9.17, 15) is 9.59 Å². The van der Waals surface area contributed by atoms with Crippen molar-refractivity contribution in [1.82, 2.24) is 9.78 Å². The molecule has 7 nitrogen and oxygen atoms in total. The Hall–Kier alpha value is -3.61. The summed E-state index contributed by atoms with van der Waals surface area (Å²) in [5.74, 6) is 0.958. The zero-order valence-electron chi connectivity index (χ0n) is 17.0. The Bertz CT molecular complexity index is 1060. The fraction of sp³-hybridized carbons (Fsp3) is 0.261. The van der Waals surface area contributed by atoms with Crippen LogP contribution >= 0.6 is 0 Å². The number of benzene rings is 2. The van der Waals surface area contributed by atoms with Crippen LogP contribution in [-0.4, -0.2) is 34.2 Å². The fourth-order valence-electron chi connectivity index (χ4n) is 3.44. The highest BCUT2D eigenvalue weighted by Gasteiger charge is 2.31. The van der Waals surface area contributed by atoms with Crippen LogP contribution in [0.2, 0.25) is 0 Å². The van der Waals surface area contributed by atoms with Crippen molar-refractivity contribution in [1.29, 1.82) is 0 Å². The molecule has 0 saturated heterocycles. The van der Waals surface area contributed by atoms with Crippen LogP contribution in [-0.2, 0) is 16.1 Å². The molecule has 154 valence electrons. The number of carbonyl (C=O) groups excluding carboxylic acids is 2. The monoisotopic (exact) mass is 404 g/mol. The maximum absolute atomic E-state index is 12.6. The van der Waals surface area contributed by atoms with Crippen molar-refractivity contribution in [3.63, 3.8) is 0 Å². The average Bonchev–Trinajstić information content (AvgIpc) is 3.16. The molecule has 1 aliphatic rings. The van der Waals surface area contributed by atoms with Crippen LogP contribution in [0.25, 0.3) is 0 Å². The summed E-state index contributed by atoms with van der Waals surface area (Å²) in [6, 6.07) is 17.3. The van der Waals surface area contributed by atoms with Gasteiger partial charge in [0.25, 0.3) is 5.91 Å². The van der Waals surface area contributed by atoms with Crippen molar-refractivity contribution >= 4 is 23.3 Å². The predicted octanol–water partition coefficient (Wildman–Crippen LogP) is 3.38. The van der Waals surface area contributed by atoms with Gasteiger partial charge in [-0.25, -0.2) is 4.68 Å². The summed E-state index contributed by atoms with van der Waals surface area (Å²) in [4.78, 5) is 26.8. The summed E-state index contributed by atoms with van der Waals surface area (Å²) in [5, 5.41) is 7.21. The van der Waals surface area contributed by atoms with Crippen molar-refractivity contribution in [3.05, 3.63) is 71.9 Å². The van der Waals surface area contributed by atoms with Crippen LogP contribution in [0.5, 0.6) is 5.75 Å². The normalized spacial score (nSPS) is 15.5. The number of para-hydroxylation sites is 2. The molecule has 30 heavy (non-hydrogen) atoms. The molecule has 0 saturated carbocycles. The largest absolute Gasteiger partial charge is 0.479 e. The lowest BCUT2D eigenvalue weighted by Gasteiger charge is -2.32. The van der Waals surface area contributed by atoms with Crippen LogP contribution in [0, 0.1) is 6.92 Å². The van der Waals surface area contributed by atoms with Gasteiger partial charge >= 0.3 is 0 Å². The zero-order chi connectivity index (χ0) is 21.1. The van der Waals surface area contributed by atoms with E-state index in [1.54, 1.807) is 28.8 Å². The molecular weight excluding hydrogens is 380 g/mol. The standard InChI is InChI=1S/C23H24N4O3/c1-16-7-9-18(10-8-16)15-27-21(11-13-24-27)25-22(28)12-14-26-19-5-3-4-6-20(19)30-17(2)23(26)29/h3-11,13,17H,12,14-15H2,1-2H3,(H,25,28). The summed E-state index contributed by atoms with van der Waals surface area (Å²) in [6.45, 7) is 4.61. The maximum atomic E-state index is 12.6. The maximum Gasteiger partial charge on any atom is 0.267 e. The van der Waals surface area contributed by atoms with Crippen molar-refractivity contribution in [3.8, 4) is 5.75 Å². The smallest absolute Gasteiger partial charge is 0.267 e. The lowest BCUT2D eigenvalue weighted by molar-refractivity contribution is -0.125. The van der Waals surface area contributed by atoms with Crippen LogP contribution in [0.1, 0.15) is 24.5 Å². The SMILES string of the molecule is Cc1ccc(Cn2nccc2NC(=O)CCN2C(=O)C(C)Oc3ccccc32)cc1. The summed E-state index contributed by atoms with van der Waals surface area (Å²) in [5.41, 5.74) is 2.99. The Balaban J connectivity index is 1.40. The van der Waals surface area contributed by atoms with Gasteiger partial charge in [0, 0.05) is 19.0 Å². The first kappa shape index (κ1) is 19.7. The molecule has 0 fully saturated rings. The summed E-state index contributed by atoms with van der Waals surface area (Å²) in [7, 11) is 0. The Morgan fingerprint density at radius 3 is 2.70 bits per heavy atom. The number of nitrogens with one attached hydrogen (secondary N) is 1. The molecule has 4 rings (SSSR count). The van der Waals surface area contributed by atoms with E-state index in [-0.39, 0.29) is 24.8 Å². The third-order valence-corrected chi connectivity index (χ3v) is 5.07. The first-order valence-electron chi connectivity index (χ1n) is 9.95. The number of aryl methyl sites for hydroxylation is 1. The van der Waals surface area contributed by atoms with Gasteiger partial charge in [-0.15, -0.1) is 0 Å². The highest BCUT2D eigenvalue weighted by Crippen LogP contribution is 2.33. The van der Waals surface area contributed by atoms with Crippen molar-refractivity contribution in [2.75, 3.05) is 16.8 Å². The number of nitrogens with zero attached hydrogens (tertiary/aromatic N) is 3. The van der Waals surface area contributed by atoms with Crippen molar-refractivity contribution < 1.29 is 14.3 Å². The number of fused-ring (bicyclic) bond motifs is 1. The molecule has 1 atom stereocenters. The highest BCUT2D eigenvalue weighted by atomic mass is 16.5. The second-order valence-corrected chi connectivity index (χ2v) is 7.38. The Labute approximate surface area is 175 Å². The van der Waals surface area contributed by atoms with Crippen molar-refractivity contribution in [2.45, 2.75) is 32.9 Å². The van der Waals surface area contributed by atoms with E-state index < -0.39 is 6.10 Å². The molecule has 1 aromatic heterocycles. The van der Waals surface area contributed by atoms with Crippen LogP contribution in [0.4, 0.5) is 11.5 Å². The molecule has 0 radical (unpaired) electrons. The topological polar surface area (TPSA) is 76.5 Å². The van der Waals surface area contributed by atoms with Gasteiger partial charge in [0.1, 0.15) is 11.6 Å². The fourth-order valence-corrected chi connectivity index (χ4v) is 3.44. The van der Waals surface area contributed by atoms with Gasteiger partial charge in [0.15, 0.2) is 6.10 Å². The zero-order valence-corrected chi connectivity index (χ0v) is 17.0. The minimum Gasteiger partial charge on any atom is -0.479 e. The number of hydrogen-bond donors (Lipinski definition) is 1. The second kappa shape index (κ2) is 8.41. The number of rotatable bonds is 6. The van der Waals surface area contributed by atoms with Crippen LogP contribution < -0.4 is 15.0 Å². The van der Waals surface area contributed by atoms with Gasteiger partial charge in [-0.3, -0.25) is 9.59 Å². The molecule has 2 aromatic carbocycles. The number of aromatic nitrogens is 2. The summed E-state index contributed by atoms with van der Waals surface area (Å²) in [6.07, 6.45) is 1.26. The van der Waals surface area contributed by atoms with E-state index in [1.807, 2.05) is 43.3 Å². The average molecular weight is 404 g/mol. The molecule has 1 aliphatic heterocycles. The number of amides is 2. The highest BCUT2D eigenvalue weighted by molar-refractivity contribution is 6.00. The first-order chi connectivity index (χ1) is 14.5. The minimum atomic E-state index is -0.570. The van der Waals surface area contributed by atoms with Crippen LogP contribution in [0.3, 0.4) is 0 Å². The second-order valence-electron chi connectivity index (χ2n) is 7.38. The molecule has 1 N–H and O–H groups in total. The molecule has 7 heteroatoms. The van der Waals surface area contributed by atoms with Crippen molar-refractivity contribution in [2.24, 2.45) is 0 Å². The molecule has 2 heterocycles. The molecule has 0 bridgehead atoms. The van der Waals surface area contributed by atoms with Crippen LogP contribution in [0.15, 0.2) is 60.8 Å². The third-order valence-electron chi connectivity index (χ3n) is 5.07. The van der Waals surface area contributed by atoms with Gasteiger partial charge in [-0.1, -0.05) is 42.0 Å². The molecule has 3 aromatic rings. The molecule has 1 unspecified atom stereocenters. The van der Waals surface area contributed by atoms with Gasteiger partial charge in [0.05, 0.1) is 18.4 Å². The number of carbonyl (C=O) groups is 2. The number of anilines is 2. The molecule has 0 spiro atoms. The molecular formula is C23H24N4O3. The van der Waals surface area contributed by atoms with Gasteiger partial charge in [-0.05, 0) is 31.5 Å². The molecule has 0 aliphatic carbocycles.